The molecule has 3 aromatic rings. The first-order chi connectivity index (χ1) is 13.1. The molecule has 2 aromatic carbocycles. The molecule has 0 saturated heterocycles. The molecule has 0 bridgehead atoms. The summed E-state index contributed by atoms with van der Waals surface area (Å²) in [4.78, 5) is 16.6. The van der Waals surface area contributed by atoms with Gasteiger partial charge in [-0.15, -0.1) is 11.3 Å². The van der Waals surface area contributed by atoms with Crippen molar-refractivity contribution in [1.82, 2.24) is 10.3 Å². The standard InChI is InChI=1S/C20H19ClN2O3S/c1-25-11-15-4-2-14(3-5-15)10-22-20(24)18-13-27-19(23-18)12-26-17-8-6-16(21)7-9-17/h2-9,13H,10-12H2,1H3,(H,22,24). The molecule has 140 valence electrons. The summed E-state index contributed by atoms with van der Waals surface area (Å²) in [6.07, 6.45) is 0. The van der Waals surface area contributed by atoms with Gasteiger partial charge in [0.25, 0.3) is 5.91 Å². The average Bonchev–Trinajstić information content (AvgIpc) is 3.16. The van der Waals surface area contributed by atoms with Crippen LogP contribution in [0.5, 0.6) is 5.75 Å². The van der Waals surface area contributed by atoms with Crippen LogP contribution in [0.2, 0.25) is 5.02 Å². The van der Waals surface area contributed by atoms with Crippen LogP contribution < -0.4 is 10.1 Å². The number of nitrogens with zero attached hydrogens (tertiary/aromatic N) is 1. The Morgan fingerprint density at radius 1 is 1.07 bits per heavy atom. The van der Waals surface area contributed by atoms with Gasteiger partial charge in [-0.05, 0) is 35.4 Å². The van der Waals surface area contributed by atoms with Crippen molar-refractivity contribution in [3.63, 3.8) is 0 Å². The Hall–Kier alpha value is -2.41. The molecule has 0 atom stereocenters. The zero-order valence-corrected chi connectivity index (χ0v) is 16.3. The molecule has 0 radical (unpaired) electrons. The van der Waals surface area contributed by atoms with Gasteiger partial charge >= 0.3 is 0 Å². The molecular weight excluding hydrogens is 384 g/mol. The van der Waals surface area contributed by atoms with Crippen LogP contribution >= 0.6 is 22.9 Å². The van der Waals surface area contributed by atoms with Crippen molar-refractivity contribution in [2.75, 3.05) is 7.11 Å². The number of thiazole rings is 1. The fourth-order valence-corrected chi connectivity index (χ4v) is 3.16. The zero-order chi connectivity index (χ0) is 19.1. The number of carbonyl (C=O) groups is 1. The maximum atomic E-state index is 12.3. The van der Waals surface area contributed by atoms with E-state index in [2.05, 4.69) is 10.3 Å². The molecule has 7 heteroatoms. The van der Waals surface area contributed by atoms with Crippen LogP contribution in [0.3, 0.4) is 0 Å². The van der Waals surface area contributed by atoms with Crippen molar-refractivity contribution >= 4 is 28.8 Å². The zero-order valence-electron chi connectivity index (χ0n) is 14.8. The summed E-state index contributed by atoms with van der Waals surface area (Å²) in [5, 5.41) is 6.00. The van der Waals surface area contributed by atoms with Crippen molar-refractivity contribution in [3.05, 3.63) is 80.8 Å². The van der Waals surface area contributed by atoms with Gasteiger partial charge in [-0.25, -0.2) is 4.98 Å². The highest BCUT2D eigenvalue weighted by Gasteiger charge is 2.11. The summed E-state index contributed by atoms with van der Waals surface area (Å²) < 4.78 is 10.7. The highest BCUT2D eigenvalue weighted by Crippen LogP contribution is 2.18. The second-order valence-corrected chi connectivity index (χ2v) is 7.18. The number of methoxy groups -OCH3 is 1. The number of nitrogens with one attached hydrogen (secondary N) is 1. The molecule has 0 aliphatic carbocycles. The number of carbonyl (C=O) groups excluding carboxylic acids is 1. The normalized spacial score (nSPS) is 10.6. The predicted octanol–water partition coefficient (Wildman–Crippen LogP) is 4.45. The summed E-state index contributed by atoms with van der Waals surface area (Å²) in [5.41, 5.74) is 2.51. The maximum absolute atomic E-state index is 12.3. The molecule has 1 heterocycles. The highest BCUT2D eigenvalue weighted by molar-refractivity contribution is 7.09. The maximum Gasteiger partial charge on any atom is 0.271 e. The summed E-state index contributed by atoms with van der Waals surface area (Å²) in [6, 6.07) is 15.0. The Balaban J connectivity index is 1.49. The topological polar surface area (TPSA) is 60.5 Å². The van der Waals surface area contributed by atoms with Gasteiger partial charge in [-0.2, -0.15) is 0 Å². The molecule has 5 nitrogen and oxygen atoms in total. The van der Waals surface area contributed by atoms with Gasteiger partial charge < -0.3 is 14.8 Å². The van der Waals surface area contributed by atoms with E-state index in [1.165, 1.54) is 11.3 Å². The molecule has 27 heavy (non-hydrogen) atoms. The highest BCUT2D eigenvalue weighted by atomic mass is 35.5. The number of halogens is 1. The van der Waals surface area contributed by atoms with E-state index in [1.54, 1.807) is 36.8 Å². The van der Waals surface area contributed by atoms with Crippen LogP contribution in [0, 0.1) is 0 Å². The van der Waals surface area contributed by atoms with Gasteiger partial charge in [0.05, 0.1) is 6.61 Å². The third-order valence-corrected chi connectivity index (χ3v) is 4.82. The molecule has 0 saturated carbocycles. The first-order valence-electron chi connectivity index (χ1n) is 8.32. The van der Waals surface area contributed by atoms with Gasteiger partial charge in [0.1, 0.15) is 23.1 Å². The van der Waals surface area contributed by atoms with Crippen molar-refractivity contribution in [3.8, 4) is 5.75 Å². The van der Waals surface area contributed by atoms with Gasteiger partial charge in [-0.3, -0.25) is 4.79 Å². The van der Waals surface area contributed by atoms with Crippen LogP contribution in [0.4, 0.5) is 0 Å². The lowest BCUT2D eigenvalue weighted by molar-refractivity contribution is 0.0946. The van der Waals surface area contributed by atoms with Gasteiger partial charge in [0, 0.05) is 24.1 Å². The molecule has 1 aromatic heterocycles. The largest absolute Gasteiger partial charge is 0.486 e. The molecule has 0 fully saturated rings. The second kappa shape index (κ2) is 9.50. The Bertz CT molecular complexity index is 879. The van der Waals surface area contributed by atoms with E-state index in [0.29, 0.717) is 36.2 Å². The fourth-order valence-electron chi connectivity index (χ4n) is 2.35. The minimum absolute atomic E-state index is 0.204. The van der Waals surface area contributed by atoms with Crippen LogP contribution in [0.25, 0.3) is 0 Å². The quantitative estimate of drug-likeness (QED) is 0.604. The molecule has 0 aliphatic rings. The number of aromatic nitrogens is 1. The van der Waals surface area contributed by atoms with Gasteiger partial charge in [0.15, 0.2) is 0 Å². The smallest absolute Gasteiger partial charge is 0.271 e. The van der Waals surface area contributed by atoms with Crippen molar-refractivity contribution < 1.29 is 14.3 Å². The second-order valence-electron chi connectivity index (χ2n) is 5.80. The van der Waals surface area contributed by atoms with Crippen LogP contribution in [-0.4, -0.2) is 18.0 Å². The van der Waals surface area contributed by atoms with Crippen molar-refractivity contribution in [2.45, 2.75) is 19.8 Å². The lowest BCUT2D eigenvalue weighted by Gasteiger charge is -2.05. The fraction of sp³-hybridized carbons (Fsp3) is 0.200. The Morgan fingerprint density at radius 2 is 1.78 bits per heavy atom. The van der Waals surface area contributed by atoms with Crippen LogP contribution in [0.1, 0.15) is 26.6 Å². The molecule has 0 unspecified atom stereocenters. The first kappa shape index (κ1) is 19.4. The number of hydrogen-bond donors (Lipinski definition) is 1. The molecular formula is C20H19ClN2O3S. The lowest BCUT2D eigenvalue weighted by atomic mass is 10.1. The van der Waals surface area contributed by atoms with E-state index in [9.17, 15) is 4.79 Å². The van der Waals surface area contributed by atoms with Crippen LogP contribution in [-0.2, 0) is 24.5 Å². The van der Waals surface area contributed by atoms with Crippen LogP contribution in [0.15, 0.2) is 53.9 Å². The van der Waals surface area contributed by atoms with Gasteiger partial charge in [-0.1, -0.05) is 35.9 Å². The van der Waals surface area contributed by atoms with Crippen molar-refractivity contribution in [1.29, 1.82) is 0 Å². The third kappa shape index (κ3) is 5.79. The Morgan fingerprint density at radius 3 is 2.48 bits per heavy atom. The summed E-state index contributed by atoms with van der Waals surface area (Å²) >= 11 is 7.24. The summed E-state index contributed by atoms with van der Waals surface area (Å²) in [7, 11) is 1.66. The van der Waals surface area contributed by atoms with E-state index in [-0.39, 0.29) is 5.91 Å². The van der Waals surface area contributed by atoms with E-state index in [1.807, 2.05) is 24.3 Å². The number of hydrogen-bond acceptors (Lipinski definition) is 5. The molecule has 0 aliphatic heterocycles. The number of benzene rings is 2. The number of amides is 1. The summed E-state index contributed by atoms with van der Waals surface area (Å²) in [5.74, 6) is 0.502. The van der Waals surface area contributed by atoms with E-state index in [4.69, 9.17) is 21.1 Å². The van der Waals surface area contributed by atoms with E-state index >= 15 is 0 Å². The summed E-state index contributed by atoms with van der Waals surface area (Å²) in [6.45, 7) is 1.33. The monoisotopic (exact) mass is 402 g/mol. The molecule has 1 amide bonds. The third-order valence-electron chi connectivity index (χ3n) is 3.75. The molecule has 1 N–H and O–H groups in total. The Labute approximate surface area is 166 Å². The van der Waals surface area contributed by atoms with Crippen molar-refractivity contribution in [2.24, 2.45) is 0 Å². The predicted molar refractivity (Wildman–Crippen MR) is 106 cm³/mol. The Kier molecular flexibility index (Phi) is 6.81. The molecule has 3 rings (SSSR count). The first-order valence-corrected chi connectivity index (χ1v) is 9.57. The average molecular weight is 403 g/mol. The van der Waals surface area contributed by atoms with E-state index < -0.39 is 0 Å². The minimum atomic E-state index is -0.204. The SMILES string of the molecule is COCc1ccc(CNC(=O)c2csc(COc3ccc(Cl)cc3)n2)cc1. The number of rotatable bonds is 8. The molecule has 0 spiro atoms. The lowest BCUT2D eigenvalue weighted by Crippen LogP contribution is -2.23. The van der Waals surface area contributed by atoms with E-state index in [0.717, 1.165) is 16.1 Å². The minimum Gasteiger partial charge on any atom is -0.486 e. The van der Waals surface area contributed by atoms with Gasteiger partial charge in [0.2, 0.25) is 0 Å². The number of ether oxygens (including phenoxy) is 2.